The van der Waals surface area contributed by atoms with Crippen molar-refractivity contribution in [3.63, 3.8) is 0 Å². The smallest absolute Gasteiger partial charge is 0.310 e. The van der Waals surface area contributed by atoms with Crippen LogP contribution in [0.15, 0.2) is 18.2 Å². The number of aliphatic carboxylic acids is 1. The highest BCUT2D eigenvalue weighted by molar-refractivity contribution is 5.77. The van der Waals surface area contributed by atoms with Gasteiger partial charge in [-0.25, -0.2) is 0 Å². The number of aryl methyl sites for hydroxylation is 1. The van der Waals surface area contributed by atoms with Crippen molar-refractivity contribution in [1.29, 1.82) is 0 Å². The highest BCUT2D eigenvalue weighted by Crippen LogP contribution is 2.34. The van der Waals surface area contributed by atoms with Crippen molar-refractivity contribution >= 4 is 5.97 Å². The van der Waals surface area contributed by atoms with Gasteiger partial charge >= 0.3 is 5.97 Å². The number of carbonyl (C=O) groups is 1. The maximum absolute atomic E-state index is 11.1. The molecule has 1 aliphatic rings. The van der Waals surface area contributed by atoms with E-state index in [1.165, 1.54) is 0 Å². The van der Waals surface area contributed by atoms with Crippen molar-refractivity contribution in [3.05, 3.63) is 29.3 Å². The lowest BCUT2D eigenvalue weighted by molar-refractivity contribution is -0.139. The third-order valence-corrected chi connectivity index (χ3v) is 2.97. The van der Waals surface area contributed by atoms with Gasteiger partial charge in [-0.3, -0.25) is 4.79 Å². The van der Waals surface area contributed by atoms with E-state index >= 15 is 0 Å². The Bertz CT molecular complexity index is 384. The summed E-state index contributed by atoms with van der Waals surface area (Å²) in [4.78, 5) is 11.1. The quantitative estimate of drug-likeness (QED) is 0.806. The number of hydrogen-bond donors (Lipinski definition) is 1. The minimum Gasteiger partial charge on any atom is -0.497 e. The molecular formula is C12H14O3. The molecule has 15 heavy (non-hydrogen) atoms. The monoisotopic (exact) mass is 206 g/mol. The van der Waals surface area contributed by atoms with Gasteiger partial charge in [-0.05, 0) is 42.5 Å². The Balaban J connectivity index is 2.43. The number of methoxy groups -OCH3 is 1. The Morgan fingerprint density at radius 2 is 2.33 bits per heavy atom. The molecule has 0 unspecified atom stereocenters. The van der Waals surface area contributed by atoms with Gasteiger partial charge in [0, 0.05) is 0 Å². The normalized spacial score (nSPS) is 19.4. The first-order chi connectivity index (χ1) is 7.22. The van der Waals surface area contributed by atoms with Gasteiger partial charge in [0.25, 0.3) is 0 Å². The van der Waals surface area contributed by atoms with Crippen LogP contribution in [0, 0.1) is 0 Å². The van der Waals surface area contributed by atoms with Crippen LogP contribution >= 0.6 is 0 Å². The van der Waals surface area contributed by atoms with Gasteiger partial charge in [0.05, 0.1) is 13.0 Å². The van der Waals surface area contributed by atoms with Gasteiger partial charge in [-0.1, -0.05) is 6.07 Å². The molecule has 1 aromatic carbocycles. The second-order valence-electron chi connectivity index (χ2n) is 3.85. The van der Waals surface area contributed by atoms with E-state index in [-0.39, 0.29) is 5.92 Å². The fourth-order valence-corrected chi connectivity index (χ4v) is 2.16. The van der Waals surface area contributed by atoms with Gasteiger partial charge in [0.2, 0.25) is 0 Å². The molecule has 0 bridgehead atoms. The summed E-state index contributed by atoms with van der Waals surface area (Å²) in [6.45, 7) is 0. The molecule has 0 saturated carbocycles. The van der Waals surface area contributed by atoms with Crippen LogP contribution in [-0.4, -0.2) is 18.2 Å². The van der Waals surface area contributed by atoms with E-state index in [4.69, 9.17) is 9.84 Å². The second kappa shape index (κ2) is 3.93. The van der Waals surface area contributed by atoms with Crippen LogP contribution in [-0.2, 0) is 11.2 Å². The molecule has 1 N–H and O–H groups in total. The summed E-state index contributed by atoms with van der Waals surface area (Å²) in [6.07, 6.45) is 2.66. The van der Waals surface area contributed by atoms with Crippen molar-refractivity contribution in [3.8, 4) is 5.75 Å². The molecule has 0 aliphatic heterocycles. The molecule has 0 radical (unpaired) electrons. The molecule has 80 valence electrons. The molecule has 2 rings (SSSR count). The van der Waals surface area contributed by atoms with Gasteiger partial charge < -0.3 is 9.84 Å². The summed E-state index contributed by atoms with van der Waals surface area (Å²) in [5.74, 6) is -0.352. The topological polar surface area (TPSA) is 46.5 Å². The third kappa shape index (κ3) is 1.82. The summed E-state index contributed by atoms with van der Waals surface area (Å²) in [6, 6.07) is 5.72. The predicted molar refractivity (Wildman–Crippen MR) is 56.3 cm³/mol. The molecule has 1 aromatic rings. The van der Waals surface area contributed by atoms with E-state index in [1.54, 1.807) is 7.11 Å². The maximum atomic E-state index is 11.1. The van der Waals surface area contributed by atoms with E-state index in [1.807, 2.05) is 18.2 Å². The van der Waals surface area contributed by atoms with Crippen LogP contribution in [0.5, 0.6) is 5.75 Å². The summed E-state index contributed by atoms with van der Waals surface area (Å²) < 4.78 is 5.12. The number of ether oxygens (including phenoxy) is 1. The third-order valence-electron chi connectivity index (χ3n) is 2.97. The minimum atomic E-state index is -0.732. The highest BCUT2D eigenvalue weighted by atomic mass is 16.5. The standard InChI is InChI=1S/C12H14O3/c1-15-9-6-5-8-3-2-4-10(12(13)14)11(8)7-9/h5-7,10H,2-4H2,1H3,(H,13,14)/t10-/m1/s1. The number of carboxylic acid groups (broad SMARTS) is 1. The Morgan fingerprint density at radius 3 is 3.00 bits per heavy atom. The van der Waals surface area contributed by atoms with Gasteiger partial charge in [0.1, 0.15) is 5.75 Å². The lowest BCUT2D eigenvalue weighted by Gasteiger charge is -2.22. The SMILES string of the molecule is COc1ccc2c(c1)[C@H](C(=O)O)CCC2. The van der Waals surface area contributed by atoms with Crippen molar-refractivity contribution in [2.24, 2.45) is 0 Å². The van der Waals surface area contributed by atoms with Crippen molar-refractivity contribution in [2.45, 2.75) is 25.2 Å². The number of rotatable bonds is 2. The summed E-state index contributed by atoms with van der Waals surface area (Å²) in [7, 11) is 1.60. The molecular weight excluding hydrogens is 192 g/mol. The molecule has 0 fully saturated rings. The Hall–Kier alpha value is -1.51. The lowest BCUT2D eigenvalue weighted by atomic mass is 9.83. The maximum Gasteiger partial charge on any atom is 0.310 e. The van der Waals surface area contributed by atoms with Crippen molar-refractivity contribution in [1.82, 2.24) is 0 Å². The first-order valence-electron chi connectivity index (χ1n) is 5.12. The van der Waals surface area contributed by atoms with E-state index in [9.17, 15) is 4.79 Å². The minimum absolute atomic E-state index is 0.358. The largest absolute Gasteiger partial charge is 0.497 e. The van der Waals surface area contributed by atoms with E-state index in [2.05, 4.69) is 0 Å². The van der Waals surface area contributed by atoms with Crippen molar-refractivity contribution in [2.75, 3.05) is 7.11 Å². The summed E-state index contributed by atoms with van der Waals surface area (Å²) >= 11 is 0. The van der Waals surface area contributed by atoms with Crippen LogP contribution in [0.2, 0.25) is 0 Å². The molecule has 3 heteroatoms. The predicted octanol–water partition coefficient (Wildman–Crippen LogP) is 2.20. The van der Waals surface area contributed by atoms with Crippen LogP contribution < -0.4 is 4.74 Å². The average Bonchev–Trinajstić information content (AvgIpc) is 2.27. The number of fused-ring (bicyclic) bond motifs is 1. The number of carboxylic acids is 1. The molecule has 3 nitrogen and oxygen atoms in total. The van der Waals surface area contributed by atoms with E-state index in [0.29, 0.717) is 0 Å². The summed E-state index contributed by atoms with van der Waals surface area (Å²) in [5, 5.41) is 9.11. The van der Waals surface area contributed by atoms with Crippen LogP contribution in [0.1, 0.15) is 29.9 Å². The first-order valence-corrected chi connectivity index (χ1v) is 5.12. The van der Waals surface area contributed by atoms with E-state index in [0.717, 1.165) is 36.1 Å². The average molecular weight is 206 g/mol. The van der Waals surface area contributed by atoms with Crippen LogP contribution in [0.25, 0.3) is 0 Å². The van der Waals surface area contributed by atoms with Gasteiger partial charge in [0.15, 0.2) is 0 Å². The number of hydrogen-bond acceptors (Lipinski definition) is 2. The second-order valence-corrected chi connectivity index (χ2v) is 3.85. The first kappa shape index (κ1) is 10.0. The molecule has 0 saturated heterocycles. The molecule has 0 heterocycles. The molecule has 0 amide bonds. The molecule has 1 atom stereocenters. The zero-order chi connectivity index (χ0) is 10.8. The molecule has 0 spiro atoms. The van der Waals surface area contributed by atoms with Gasteiger partial charge in [-0.15, -0.1) is 0 Å². The van der Waals surface area contributed by atoms with Gasteiger partial charge in [-0.2, -0.15) is 0 Å². The fourth-order valence-electron chi connectivity index (χ4n) is 2.16. The Kier molecular flexibility index (Phi) is 2.62. The summed E-state index contributed by atoms with van der Waals surface area (Å²) in [5.41, 5.74) is 2.07. The van der Waals surface area contributed by atoms with Crippen LogP contribution in [0.4, 0.5) is 0 Å². The zero-order valence-corrected chi connectivity index (χ0v) is 8.69. The highest BCUT2D eigenvalue weighted by Gasteiger charge is 2.26. The fraction of sp³-hybridized carbons (Fsp3) is 0.417. The number of benzene rings is 1. The van der Waals surface area contributed by atoms with Crippen molar-refractivity contribution < 1.29 is 14.6 Å². The Morgan fingerprint density at radius 1 is 1.53 bits per heavy atom. The van der Waals surface area contributed by atoms with E-state index < -0.39 is 5.97 Å². The zero-order valence-electron chi connectivity index (χ0n) is 8.69. The van der Waals surface area contributed by atoms with Crippen LogP contribution in [0.3, 0.4) is 0 Å². The Labute approximate surface area is 88.7 Å². The molecule has 0 aromatic heterocycles. The molecule has 1 aliphatic carbocycles. The lowest BCUT2D eigenvalue weighted by Crippen LogP contribution is -2.17.